The van der Waals surface area contributed by atoms with E-state index in [-0.39, 0.29) is 12.3 Å². The molecule has 0 fully saturated rings. The minimum absolute atomic E-state index is 0.186. The molecule has 100 valence electrons. The van der Waals surface area contributed by atoms with Crippen LogP contribution in [-0.2, 0) is 9.53 Å². The SMILES string of the molecule is CCOC(=O)/C(C#N)=N/Nc1c(Br)cc(Br)cc1Br. The first-order valence-corrected chi connectivity index (χ1v) is 7.43. The molecule has 0 aromatic heterocycles. The number of hydrogen-bond acceptors (Lipinski definition) is 5. The van der Waals surface area contributed by atoms with Crippen molar-refractivity contribution in [1.29, 1.82) is 5.26 Å². The number of hydrogen-bond donors (Lipinski definition) is 1. The largest absolute Gasteiger partial charge is 0.461 e. The van der Waals surface area contributed by atoms with Gasteiger partial charge in [0.05, 0.1) is 12.3 Å². The fraction of sp³-hybridized carbons (Fsp3) is 0.182. The van der Waals surface area contributed by atoms with Crippen LogP contribution >= 0.6 is 47.8 Å². The summed E-state index contributed by atoms with van der Waals surface area (Å²) in [6.07, 6.45) is 0. The Kier molecular flexibility index (Phi) is 6.48. The number of anilines is 1. The zero-order valence-electron chi connectivity index (χ0n) is 9.71. The van der Waals surface area contributed by atoms with Crippen molar-refractivity contribution >= 4 is 65.2 Å². The first kappa shape index (κ1) is 16.1. The van der Waals surface area contributed by atoms with Crippen molar-refractivity contribution < 1.29 is 9.53 Å². The third-order valence-electron chi connectivity index (χ3n) is 1.86. The zero-order valence-corrected chi connectivity index (χ0v) is 14.5. The molecule has 0 amide bonds. The van der Waals surface area contributed by atoms with Gasteiger partial charge in [-0.25, -0.2) is 4.79 Å². The molecule has 0 saturated carbocycles. The maximum absolute atomic E-state index is 11.4. The Morgan fingerprint density at radius 2 is 2.00 bits per heavy atom. The molecule has 0 aliphatic carbocycles. The van der Waals surface area contributed by atoms with Gasteiger partial charge in [-0.3, -0.25) is 5.43 Å². The van der Waals surface area contributed by atoms with Crippen molar-refractivity contribution in [2.24, 2.45) is 5.10 Å². The van der Waals surface area contributed by atoms with Gasteiger partial charge in [-0.15, -0.1) is 0 Å². The molecule has 0 heterocycles. The Morgan fingerprint density at radius 1 is 1.42 bits per heavy atom. The van der Waals surface area contributed by atoms with Gasteiger partial charge >= 0.3 is 5.97 Å². The average Bonchev–Trinajstić information content (AvgIpc) is 2.32. The molecular weight excluding hydrogens is 446 g/mol. The number of benzene rings is 1. The fourth-order valence-corrected chi connectivity index (χ4v) is 3.51. The van der Waals surface area contributed by atoms with Crippen molar-refractivity contribution in [3.63, 3.8) is 0 Å². The number of halogens is 3. The van der Waals surface area contributed by atoms with Gasteiger partial charge in [0.25, 0.3) is 0 Å². The van der Waals surface area contributed by atoms with Crippen LogP contribution in [0.5, 0.6) is 0 Å². The first-order valence-electron chi connectivity index (χ1n) is 5.05. The van der Waals surface area contributed by atoms with Crippen LogP contribution in [0.4, 0.5) is 5.69 Å². The summed E-state index contributed by atoms with van der Waals surface area (Å²) in [5.74, 6) is -0.762. The number of nitrogens with one attached hydrogen (secondary N) is 1. The number of hydrazone groups is 1. The summed E-state index contributed by atoms with van der Waals surface area (Å²) < 4.78 is 7.01. The van der Waals surface area contributed by atoms with E-state index in [4.69, 9.17) is 10.00 Å². The summed E-state index contributed by atoms with van der Waals surface area (Å²) in [4.78, 5) is 11.4. The van der Waals surface area contributed by atoms with Crippen LogP contribution in [0.25, 0.3) is 0 Å². The summed E-state index contributed by atoms with van der Waals surface area (Å²) in [6, 6.07) is 5.29. The topological polar surface area (TPSA) is 74.5 Å². The number of nitrogens with zero attached hydrogens (tertiary/aromatic N) is 2. The van der Waals surface area contributed by atoms with Crippen LogP contribution in [0.15, 0.2) is 30.7 Å². The third-order valence-corrected chi connectivity index (χ3v) is 3.57. The highest BCUT2D eigenvalue weighted by Gasteiger charge is 2.13. The molecule has 0 aliphatic heterocycles. The molecule has 0 aliphatic rings. The lowest BCUT2D eigenvalue weighted by Crippen LogP contribution is -2.17. The molecule has 0 radical (unpaired) electrons. The highest BCUT2D eigenvalue weighted by molar-refractivity contribution is 9.11. The Balaban J connectivity index is 2.97. The molecule has 1 N–H and O–H groups in total. The lowest BCUT2D eigenvalue weighted by atomic mass is 10.3. The molecule has 1 aromatic rings. The van der Waals surface area contributed by atoms with Crippen LogP contribution in [-0.4, -0.2) is 18.3 Å². The molecule has 5 nitrogen and oxygen atoms in total. The number of nitriles is 1. The molecule has 0 atom stereocenters. The molecule has 1 rings (SSSR count). The van der Waals surface area contributed by atoms with Gasteiger partial charge in [0.2, 0.25) is 5.71 Å². The van der Waals surface area contributed by atoms with Crippen molar-refractivity contribution in [2.75, 3.05) is 12.0 Å². The average molecular weight is 454 g/mol. The molecule has 19 heavy (non-hydrogen) atoms. The van der Waals surface area contributed by atoms with E-state index in [9.17, 15) is 4.79 Å². The Bertz CT molecular complexity index is 544. The van der Waals surface area contributed by atoms with Gasteiger partial charge in [-0.05, 0) is 50.9 Å². The maximum atomic E-state index is 11.4. The molecule has 0 spiro atoms. The van der Waals surface area contributed by atoms with Crippen molar-refractivity contribution in [2.45, 2.75) is 6.92 Å². The molecule has 0 saturated heterocycles. The summed E-state index contributed by atoms with van der Waals surface area (Å²) in [6.45, 7) is 1.84. The number of carbonyl (C=O) groups excluding carboxylic acids is 1. The Labute approximate surface area is 135 Å². The van der Waals surface area contributed by atoms with E-state index in [1.807, 2.05) is 0 Å². The second-order valence-electron chi connectivity index (χ2n) is 3.15. The van der Waals surface area contributed by atoms with E-state index in [2.05, 4.69) is 58.3 Å². The highest BCUT2D eigenvalue weighted by atomic mass is 79.9. The standard InChI is InChI=1S/C11H8Br3N3O2/c1-2-19-11(18)9(5-15)16-17-10-7(13)3-6(12)4-8(10)14/h3-4,17H,2H2,1H3/b16-9+. The third kappa shape index (κ3) is 4.60. The normalized spacial score (nSPS) is 10.8. The second-order valence-corrected chi connectivity index (χ2v) is 5.77. The number of ether oxygens (including phenoxy) is 1. The number of rotatable bonds is 4. The lowest BCUT2D eigenvalue weighted by molar-refractivity contribution is -0.134. The molecule has 8 heteroatoms. The molecule has 0 bridgehead atoms. The van der Waals surface area contributed by atoms with Crippen LogP contribution in [0.1, 0.15) is 6.92 Å². The monoisotopic (exact) mass is 451 g/mol. The van der Waals surface area contributed by atoms with Crippen LogP contribution < -0.4 is 5.43 Å². The van der Waals surface area contributed by atoms with Gasteiger partial charge in [-0.1, -0.05) is 15.9 Å². The van der Waals surface area contributed by atoms with Gasteiger partial charge < -0.3 is 4.74 Å². The summed E-state index contributed by atoms with van der Waals surface area (Å²) in [5, 5.41) is 12.6. The quantitative estimate of drug-likeness (QED) is 0.427. The van der Waals surface area contributed by atoms with E-state index in [0.717, 1.165) is 13.4 Å². The van der Waals surface area contributed by atoms with Gasteiger partial charge in [0.15, 0.2) is 0 Å². The Hall–Kier alpha value is -0.910. The van der Waals surface area contributed by atoms with E-state index in [1.165, 1.54) is 0 Å². The predicted octanol–water partition coefficient (Wildman–Crippen LogP) is 3.83. The Morgan fingerprint density at radius 3 is 2.47 bits per heavy atom. The first-order chi connectivity index (χ1) is 8.99. The van der Waals surface area contributed by atoms with E-state index >= 15 is 0 Å². The summed E-state index contributed by atoms with van der Waals surface area (Å²) in [7, 11) is 0. The maximum Gasteiger partial charge on any atom is 0.369 e. The zero-order chi connectivity index (χ0) is 14.4. The van der Waals surface area contributed by atoms with Crippen LogP contribution in [0.2, 0.25) is 0 Å². The smallest absolute Gasteiger partial charge is 0.369 e. The molecule has 1 aromatic carbocycles. The van der Waals surface area contributed by atoms with Crippen molar-refractivity contribution in [3.8, 4) is 6.07 Å². The summed E-state index contributed by atoms with van der Waals surface area (Å²) >= 11 is 10.0. The van der Waals surface area contributed by atoms with E-state index < -0.39 is 5.97 Å². The van der Waals surface area contributed by atoms with Crippen molar-refractivity contribution in [3.05, 3.63) is 25.6 Å². The minimum atomic E-state index is -0.762. The fourth-order valence-electron chi connectivity index (χ4n) is 1.08. The number of esters is 1. The van der Waals surface area contributed by atoms with E-state index in [1.54, 1.807) is 25.1 Å². The number of carbonyl (C=O) groups is 1. The van der Waals surface area contributed by atoms with Crippen molar-refractivity contribution in [1.82, 2.24) is 0 Å². The molecular formula is C11H8Br3N3O2. The van der Waals surface area contributed by atoms with E-state index in [0.29, 0.717) is 5.69 Å². The van der Waals surface area contributed by atoms with Gasteiger partial charge in [-0.2, -0.15) is 10.4 Å². The lowest BCUT2D eigenvalue weighted by Gasteiger charge is -2.07. The van der Waals surface area contributed by atoms with Crippen LogP contribution in [0.3, 0.4) is 0 Å². The van der Waals surface area contributed by atoms with Crippen LogP contribution in [0, 0.1) is 11.3 Å². The summed E-state index contributed by atoms with van der Waals surface area (Å²) in [5.41, 5.74) is 2.90. The highest BCUT2D eigenvalue weighted by Crippen LogP contribution is 2.34. The predicted molar refractivity (Wildman–Crippen MR) is 82.8 cm³/mol. The molecule has 0 unspecified atom stereocenters. The van der Waals surface area contributed by atoms with Gasteiger partial charge in [0.1, 0.15) is 6.07 Å². The second kappa shape index (κ2) is 7.62. The van der Waals surface area contributed by atoms with Gasteiger partial charge in [0, 0.05) is 13.4 Å². The minimum Gasteiger partial charge on any atom is -0.461 e.